The molecule has 0 fully saturated rings. The Kier molecular flexibility index (Phi) is 18.5. The summed E-state index contributed by atoms with van der Waals surface area (Å²) in [6, 6.07) is 187. The molecule has 682 valence electrons. The maximum atomic E-state index is 5.81. The highest BCUT2D eigenvalue weighted by Gasteiger charge is 2.44. The first kappa shape index (κ1) is 82.6. The lowest BCUT2D eigenvalue weighted by Crippen LogP contribution is -2.74. The van der Waals surface area contributed by atoms with Crippen LogP contribution in [-0.4, -0.2) is 82.3 Å². The van der Waals surface area contributed by atoms with Gasteiger partial charge in [0.1, 0.15) is 11.6 Å². The van der Waals surface area contributed by atoms with Crippen LogP contribution >= 0.6 is 0 Å². The first-order chi connectivity index (χ1) is 72.4. The maximum absolute atomic E-state index is 5.81. The lowest BCUT2D eigenvalue weighted by molar-refractivity contribution is 0.930. The van der Waals surface area contributed by atoms with E-state index in [1.165, 1.54) is 85.1 Å². The van der Waals surface area contributed by atoms with Gasteiger partial charge in [0, 0.05) is 77.7 Å². The highest BCUT2D eigenvalue weighted by atomic mass is 28.3. The third-order valence-electron chi connectivity index (χ3n) is 30.4. The molecule has 30 aromatic rings. The highest BCUT2D eigenvalue weighted by Crippen LogP contribution is 2.43. The quantitative estimate of drug-likeness (QED) is 0.0662. The lowest BCUT2D eigenvalue weighted by Gasteiger charge is -2.35. The Hall–Kier alpha value is -19.3. The average Bonchev–Trinajstić information content (AvgIpc) is 1.40. The molecule has 0 saturated heterocycles. The van der Waals surface area contributed by atoms with E-state index in [0.717, 1.165) is 144 Å². The molecule has 0 spiro atoms. The van der Waals surface area contributed by atoms with Crippen molar-refractivity contribution in [3.8, 4) is 68.5 Å². The molecular formula is C130H84N14Si2. The fraction of sp³-hybridized carbons (Fsp3) is 0. The first-order valence-corrected chi connectivity index (χ1v) is 53.6. The van der Waals surface area contributed by atoms with Gasteiger partial charge in [-0.05, 0) is 180 Å². The maximum Gasteiger partial charge on any atom is 0.239 e. The normalized spacial score (nSPS) is 12.2. The van der Waals surface area contributed by atoms with E-state index in [1.807, 2.05) is 0 Å². The molecule has 10 aromatic heterocycles. The zero-order valence-corrected chi connectivity index (χ0v) is 80.8. The van der Waals surface area contributed by atoms with E-state index < -0.39 is 16.1 Å². The van der Waals surface area contributed by atoms with Gasteiger partial charge in [0.05, 0.1) is 99.7 Å². The number of benzene rings is 20. The van der Waals surface area contributed by atoms with Crippen LogP contribution in [0.2, 0.25) is 0 Å². The van der Waals surface area contributed by atoms with Crippen molar-refractivity contribution in [1.29, 1.82) is 0 Å². The number of nitrogens with zero attached hydrogens (tertiary/aromatic N) is 14. The van der Waals surface area contributed by atoms with E-state index in [-0.39, 0.29) is 0 Å². The Morgan fingerprint density at radius 3 is 0.870 bits per heavy atom. The second-order valence-corrected chi connectivity index (χ2v) is 45.7. The fourth-order valence-corrected chi connectivity index (χ4v) is 33.7. The molecule has 0 radical (unpaired) electrons. The summed E-state index contributed by atoms with van der Waals surface area (Å²) >= 11 is 0. The van der Waals surface area contributed by atoms with E-state index in [2.05, 4.69) is 546 Å². The van der Waals surface area contributed by atoms with Crippen LogP contribution in [0.15, 0.2) is 510 Å². The largest absolute Gasteiger partial charge is 0.309 e. The molecule has 0 aliphatic rings. The van der Waals surface area contributed by atoms with Crippen molar-refractivity contribution in [3.05, 3.63) is 510 Å². The minimum absolute atomic E-state index is 0.451. The van der Waals surface area contributed by atoms with Gasteiger partial charge in [-0.15, -0.1) is 0 Å². The molecule has 0 N–H and O–H groups in total. The average molecular weight is 1900 g/mol. The summed E-state index contributed by atoms with van der Waals surface area (Å²) in [4.78, 5) is 34.3. The van der Waals surface area contributed by atoms with E-state index in [1.54, 1.807) is 0 Å². The van der Waals surface area contributed by atoms with Crippen LogP contribution in [0, 0.1) is 0 Å². The van der Waals surface area contributed by atoms with Gasteiger partial charge in [-0.1, -0.05) is 370 Å². The number of imidazole rings is 4. The SMILES string of the molecule is c1ccc([Si](c2ccccc2)(c2ccc(-c3cc(-n4c5ccccc5c5cc(-c6ccc7c(c6)nc6n(-c8nc(-c9ccc([Si](c%10ccccc%10)(c%10ccccc%10)c%10cccc(-n%11c%12ccccc%12c%12ccccc%12%11)c%10)cc9)cc(-n9c%10ccccc%10n%10c%11ccccc%11nc9%10)n8)c8ccccc8n76)ccc54)nc(-n4c5ccccc5c5ccccc54)n3)cc2)c2cccc(-n3c4ccccc4c4ccccc43)c2)cc1. The summed E-state index contributed by atoms with van der Waals surface area (Å²) in [5.41, 5.74) is 23.9. The summed E-state index contributed by atoms with van der Waals surface area (Å²) in [6.45, 7) is 0. The van der Waals surface area contributed by atoms with Crippen molar-refractivity contribution in [2.75, 3.05) is 0 Å². The minimum atomic E-state index is -3.18. The topological polar surface area (TPSA) is 116 Å². The molecule has 0 aliphatic carbocycles. The third-order valence-corrected chi connectivity index (χ3v) is 40.0. The second kappa shape index (κ2) is 32.7. The van der Waals surface area contributed by atoms with Crippen LogP contribution in [0.25, 0.3) is 211 Å². The van der Waals surface area contributed by atoms with Gasteiger partial charge in [-0.25, -0.2) is 24.5 Å². The summed E-state index contributed by atoms with van der Waals surface area (Å²) in [5, 5.41) is 19.5. The van der Waals surface area contributed by atoms with Gasteiger partial charge >= 0.3 is 0 Å². The summed E-state index contributed by atoms with van der Waals surface area (Å²) in [5.74, 6) is 3.80. The molecule has 10 heterocycles. The molecule has 0 aliphatic heterocycles. The van der Waals surface area contributed by atoms with E-state index in [4.69, 9.17) is 29.9 Å². The predicted octanol–water partition coefficient (Wildman–Crippen LogP) is 24.9. The van der Waals surface area contributed by atoms with Gasteiger partial charge in [0.2, 0.25) is 23.5 Å². The predicted molar refractivity (Wildman–Crippen MR) is 605 cm³/mol. The summed E-state index contributed by atoms with van der Waals surface area (Å²) in [7, 11) is -6.34. The van der Waals surface area contributed by atoms with E-state index in [9.17, 15) is 0 Å². The van der Waals surface area contributed by atoms with Gasteiger partial charge in [0.15, 0.2) is 16.1 Å². The Balaban J connectivity index is 0.566. The van der Waals surface area contributed by atoms with Crippen LogP contribution in [0.1, 0.15) is 0 Å². The molecule has 0 unspecified atom stereocenters. The third kappa shape index (κ3) is 12.4. The Bertz CT molecular complexity index is 10300. The monoisotopic (exact) mass is 1900 g/mol. The Morgan fingerprint density at radius 1 is 0.151 bits per heavy atom. The molecule has 0 atom stereocenters. The zero-order valence-electron chi connectivity index (χ0n) is 78.8. The highest BCUT2D eigenvalue weighted by molar-refractivity contribution is 7.20. The molecule has 20 aromatic carbocycles. The van der Waals surface area contributed by atoms with E-state index in [0.29, 0.717) is 23.5 Å². The molecule has 146 heavy (non-hydrogen) atoms. The van der Waals surface area contributed by atoms with Crippen LogP contribution in [0.3, 0.4) is 0 Å². The molecule has 16 heteroatoms. The van der Waals surface area contributed by atoms with E-state index >= 15 is 0 Å². The van der Waals surface area contributed by atoms with Gasteiger partial charge in [0.25, 0.3) is 0 Å². The molecule has 0 amide bonds. The van der Waals surface area contributed by atoms with Crippen molar-refractivity contribution < 1.29 is 0 Å². The van der Waals surface area contributed by atoms with Gasteiger partial charge in [-0.2, -0.15) is 9.97 Å². The van der Waals surface area contributed by atoms with Crippen molar-refractivity contribution >= 4 is 201 Å². The smallest absolute Gasteiger partial charge is 0.239 e. The lowest BCUT2D eigenvalue weighted by atomic mass is 10.0. The minimum Gasteiger partial charge on any atom is -0.309 e. The van der Waals surface area contributed by atoms with Gasteiger partial charge in [-0.3, -0.25) is 22.5 Å². The van der Waals surface area contributed by atoms with Crippen LogP contribution in [-0.2, 0) is 0 Å². The van der Waals surface area contributed by atoms with Crippen LogP contribution in [0.4, 0.5) is 0 Å². The molecule has 14 nitrogen and oxygen atoms in total. The fourth-order valence-electron chi connectivity index (χ4n) is 24.2. The number of hydrogen-bond donors (Lipinski definition) is 0. The van der Waals surface area contributed by atoms with Crippen LogP contribution < -0.4 is 41.5 Å². The molecule has 0 bridgehead atoms. The van der Waals surface area contributed by atoms with Gasteiger partial charge < -0.3 is 9.13 Å². The zero-order chi connectivity index (χ0) is 95.8. The van der Waals surface area contributed by atoms with Crippen molar-refractivity contribution in [3.63, 3.8) is 0 Å². The number of fused-ring (bicyclic) bond motifs is 22. The Morgan fingerprint density at radius 2 is 0.438 bits per heavy atom. The number of para-hydroxylation sites is 13. The summed E-state index contributed by atoms with van der Waals surface area (Å²) < 4.78 is 18.3. The summed E-state index contributed by atoms with van der Waals surface area (Å²) in [6.07, 6.45) is 0. The molecule has 0 saturated carbocycles. The molecule has 30 rings (SSSR count). The second-order valence-electron chi connectivity index (χ2n) is 38.1. The number of hydrogen-bond acceptors (Lipinski definition) is 6. The number of rotatable bonds is 17. The van der Waals surface area contributed by atoms with Crippen molar-refractivity contribution in [2.45, 2.75) is 0 Å². The van der Waals surface area contributed by atoms with Crippen LogP contribution in [0.5, 0.6) is 0 Å². The molecular weight excluding hydrogens is 1810 g/mol. The standard InChI is InChI=1S/C130H84N14Si2/c1-5-37-91(38-6-1)145(92-39-7-2-8-40-92,97-45-33-35-89(81-97)137-111-55-21-13-47-99(111)100-48-14-22-56-112(100)137)95-73-67-85(68-74-95)108-83-125(135-127(131-108)140-116-60-26-17-51-103(116)104-52-18-27-61-117(104)140)139-115-59-25-19-53-105(115)106-79-87(71-77-118(106)139)88-72-78-120-110(80-88)134-130-142(120)122-64-30-32-66-124(122)144(130)128-132-109(84-126(136-128)143-123-65-31-29-63-121(123)141-119-62-28-20-54-107(119)133-129(141)143)86-69-75-96(76-70-86)146(93-41-9-3-10-42-93,94-43-11-4-12-44-94)98-46-34-36-90(82-98)138-113-57-23-15-49-101(113)102-50-16-24-58-114(102)138/h1-84H. The van der Waals surface area contributed by atoms with Crippen molar-refractivity contribution in [1.82, 2.24) is 66.1 Å². The van der Waals surface area contributed by atoms with Crippen molar-refractivity contribution in [2.24, 2.45) is 0 Å². The Labute approximate surface area is 838 Å². The first-order valence-electron chi connectivity index (χ1n) is 49.6. The number of aromatic nitrogens is 14.